The van der Waals surface area contributed by atoms with Gasteiger partial charge in [0.25, 0.3) is 5.65 Å². The van der Waals surface area contributed by atoms with Crippen LogP contribution in [0.2, 0.25) is 0 Å². The molecule has 206 valence electrons. The predicted octanol–water partition coefficient (Wildman–Crippen LogP) is 8.12. The second-order valence-electron chi connectivity index (χ2n) is 12.0. The Bertz CT molecular complexity index is 2410. The summed E-state index contributed by atoms with van der Waals surface area (Å²) in [5.74, 6) is 2.61. The number of para-hydroxylation sites is 1. The summed E-state index contributed by atoms with van der Waals surface area (Å²) in [5.41, 5.74) is 9.65. The van der Waals surface area contributed by atoms with Gasteiger partial charge in [-0.15, -0.1) is 0 Å². The van der Waals surface area contributed by atoms with E-state index in [1.54, 1.807) is 0 Å². The molecule has 2 unspecified atom stereocenters. The van der Waals surface area contributed by atoms with E-state index in [1.165, 1.54) is 27.4 Å². The first-order valence-corrected chi connectivity index (χ1v) is 15.0. The van der Waals surface area contributed by atoms with E-state index in [1.807, 2.05) is 6.07 Å². The highest BCUT2D eigenvalue weighted by Gasteiger charge is 2.68. The zero-order chi connectivity index (χ0) is 28.6. The number of hydrogen-bond acceptors (Lipinski definition) is 3. The first kappa shape index (κ1) is 22.7. The third-order valence-electron chi connectivity index (χ3n) is 9.89. The smallest absolute Gasteiger partial charge is 0.296 e. The van der Waals surface area contributed by atoms with Gasteiger partial charge in [-0.1, -0.05) is 78.9 Å². The lowest BCUT2D eigenvalue weighted by Gasteiger charge is -2.40. The Kier molecular flexibility index (Phi) is 4.02. The van der Waals surface area contributed by atoms with Crippen LogP contribution in [0.5, 0.6) is 11.5 Å². The Hall–Kier alpha value is -5.81. The van der Waals surface area contributed by atoms with Gasteiger partial charge in [-0.05, 0) is 59.7 Å². The van der Waals surface area contributed by atoms with Crippen molar-refractivity contribution >= 4 is 33.4 Å². The molecule has 2 aromatic heterocycles. The van der Waals surface area contributed by atoms with E-state index >= 15 is 0 Å². The summed E-state index contributed by atoms with van der Waals surface area (Å²) in [6.07, 6.45) is 4.06. The van der Waals surface area contributed by atoms with Crippen LogP contribution in [0.15, 0.2) is 140 Å². The molecule has 0 bridgehead atoms. The molecule has 1 spiro atoms. The van der Waals surface area contributed by atoms with Crippen molar-refractivity contribution in [1.29, 1.82) is 0 Å². The quantitative estimate of drug-likeness (QED) is 0.198. The maximum atomic E-state index is 7.15. The normalized spacial score (nSPS) is 19.7. The molecule has 5 nitrogen and oxygen atoms in total. The highest BCUT2D eigenvalue weighted by molar-refractivity contribution is 6.07. The molecule has 0 fully saturated rings. The van der Waals surface area contributed by atoms with Gasteiger partial charge in [0.2, 0.25) is 11.8 Å². The van der Waals surface area contributed by atoms with Crippen molar-refractivity contribution in [3.05, 3.63) is 156 Å². The minimum atomic E-state index is -0.664. The molecule has 0 amide bonds. The molecule has 6 heterocycles. The maximum absolute atomic E-state index is 7.15. The minimum Gasteiger partial charge on any atom is -0.462 e. The fourth-order valence-electron chi connectivity index (χ4n) is 8.19. The van der Waals surface area contributed by atoms with Gasteiger partial charge in [-0.3, -0.25) is 0 Å². The lowest BCUT2D eigenvalue weighted by molar-refractivity contribution is -0.730. The Morgan fingerprint density at radius 2 is 1.27 bits per heavy atom. The van der Waals surface area contributed by atoms with Crippen molar-refractivity contribution in [3.8, 4) is 28.3 Å². The van der Waals surface area contributed by atoms with Gasteiger partial charge >= 0.3 is 0 Å². The molecule has 4 aliphatic heterocycles. The summed E-state index contributed by atoms with van der Waals surface area (Å²) in [6, 6.07) is 45.1. The first-order valence-electron chi connectivity index (χ1n) is 15.0. The SMILES string of the molecule is C1=C(c2ccc(-c3ccccc3)cc2)OC2N1c1cccc3c1C21c2c(cccc2-n2c4ccccc4c4ccc[n+]1c42)O3. The second kappa shape index (κ2) is 7.77. The highest BCUT2D eigenvalue weighted by Crippen LogP contribution is 2.62. The average molecular weight is 567 g/mol. The fraction of sp³-hybridized carbons (Fsp3) is 0.0513. The topological polar surface area (TPSA) is 30.5 Å². The first-order chi connectivity index (χ1) is 21.8. The monoisotopic (exact) mass is 566 g/mol. The van der Waals surface area contributed by atoms with Crippen LogP contribution in [0.25, 0.3) is 44.5 Å². The van der Waals surface area contributed by atoms with Gasteiger partial charge in [0.1, 0.15) is 34.0 Å². The number of pyridine rings is 1. The van der Waals surface area contributed by atoms with Crippen LogP contribution < -0.4 is 14.2 Å². The number of nitrogens with zero attached hydrogens (tertiary/aromatic N) is 3. The van der Waals surface area contributed by atoms with Crippen LogP contribution in [0.4, 0.5) is 5.69 Å². The molecule has 0 N–H and O–H groups in total. The summed E-state index contributed by atoms with van der Waals surface area (Å²) in [7, 11) is 0. The van der Waals surface area contributed by atoms with E-state index in [0.29, 0.717) is 0 Å². The fourth-order valence-corrected chi connectivity index (χ4v) is 8.19. The Balaban J connectivity index is 1.18. The van der Waals surface area contributed by atoms with Gasteiger partial charge in [-0.2, -0.15) is 4.57 Å². The van der Waals surface area contributed by atoms with Crippen molar-refractivity contribution in [3.63, 3.8) is 0 Å². The van der Waals surface area contributed by atoms with E-state index < -0.39 is 5.54 Å². The van der Waals surface area contributed by atoms with Crippen LogP contribution in [0, 0.1) is 0 Å². The summed E-state index contributed by atoms with van der Waals surface area (Å²) in [4.78, 5) is 2.32. The Labute approximate surface area is 253 Å². The van der Waals surface area contributed by atoms with Crippen LogP contribution in [-0.2, 0) is 10.3 Å². The predicted molar refractivity (Wildman–Crippen MR) is 171 cm³/mol. The van der Waals surface area contributed by atoms with E-state index in [4.69, 9.17) is 9.47 Å². The van der Waals surface area contributed by atoms with Crippen molar-refractivity contribution in [2.45, 2.75) is 11.8 Å². The number of aromatic nitrogens is 2. The Morgan fingerprint density at radius 1 is 0.591 bits per heavy atom. The molecular weight excluding hydrogens is 542 g/mol. The number of rotatable bonds is 2. The molecule has 2 atom stereocenters. The lowest BCUT2D eigenvalue weighted by Crippen LogP contribution is -2.67. The van der Waals surface area contributed by atoms with E-state index in [-0.39, 0.29) is 6.23 Å². The average Bonchev–Trinajstić information content (AvgIpc) is 3.75. The van der Waals surface area contributed by atoms with Gasteiger partial charge in [-0.25, -0.2) is 4.57 Å². The number of fused-ring (bicyclic) bond motifs is 6. The third kappa shape index (κ3) is 2.53. The molecule has 0 radical (unpaired) electrons. The minimum absolute atomic E-state index is 0.339. The molecule has 5 heteroatoms. The number of ether oxygens (including phenoxy) is 2. The molecule has 44 heavy (non-hydrogen) atoms. The van der Waals surface area contributed by atoms with Crippen LogP contribution >= 0.6 is 0 Å². The number of hydrogen-bond donors (Lipinski definition) is 0. The molecule has 11 rings (SSSR count). The standard InChI is InChI=1S/C39H24N3O2/c1-2-9-24(10-3-1)25-18-20-26(21-19-25)34-23-40-30-14-6-16-32-35(30)39(38(40)44-34)36-31(15-7-17-33(36)43-32)42-29-13-5-4-11-27(29)28-12-8-22-41(39)37(28)42/h1-23,38H/q+1. The van der Waals surface area contributed by atoms with Gasteiger partial charge in [0.05, 0.1) is 29.0 Å². The summed E-state index contributed by atoms with van der Waals surface area (Å²) >= 11 is 0. The van der Waals surface area contributed by atoms with Crippen LogP contribution in [0.1, 0.15) is 16.7 Å². The number of anilines is 1. The Morgan fingerprint density at radius 3 is 2.11 bits per heavy atom. The molecule has 0 aliphatic carbocycles. The summed E-state index contributed by atoms with van der Waals surface area (Å²) < 4.78 is 18.7. The van der Waals surface area contributed by atoms with Gasteiger partial charge in [0, 0.05) is 10.9 Å². The molecule has 4 aliphatic rings. The van der Waals surface area contributed by atoms with E-state index in [0.717, 1.165) is 51.0 Å². The largest absolute Gasteiger partial charge is 0.462 e. The van der Waals surface area contributed by atoms with Gasteiger partial charge < -0.3 is 14.4 Å². The van der Waals surface area contributed by atoms with E-state index in [2.05, 4.69) is 148 Å². The third-order valence-corrected chi connectivity index (χ3v) is 9.89. The number of benzene rings is 5. The molecular formula is C39H24N3O2+. The zero-order valence-corrected chi connectivity index (χ0v) is 23.5. The molecule has 0 saturated carbocycles. The van der Waals surface area contributed by atoms with Crippen LogP contribution in [-0.4, -0.2) is 10.8 Å². The van der Waals surface area contributed by atoms with Crippen molar-refractivity contribution in [2.75, 3.05) is 4.90 Å². The maximum Gasteiger partial charge on any atom is 0.296 e. The summed E-state index contributed by atoms with van der Waals surface area (Å²) in [5, 5.41) is 2.46. The highest BCUT2D eigenvalue weighted by atomic mass is 16.5. The molecule has 5 aromatic carbocycles. The van der Waals surface area contributed by atoms with Crippen molar-refractivity contribution in [2.24, 2.45) is 0 Å². The zero-order valence-electron chi connectivity index (χ0n) is 23.5. The summed E-state index contributed by atoms with van der Waals surface area (Å²) in [6.45, 7) is 0. The molecule has 7 aromatic rings. The van der Waals surface area contributed by atoms with Gasteiger partial charge in [0.15, 0.2) is 0 Å². The molecule has 0 saturated heterocycles. The lowest BCUT2D eigenvalue weighted by atomic mass is 9.77. The van der Waals surface area contributed by atoms with Crippen molar-refractivity contribution < 1.29 is 14.0 Å². The second-order valence-corrected chi connectivity index (χ2v) is 12.0. The van der Waals surface area contributed by atoms with Crippen molar-refractivity contribution in [1.82, 2.24) is 4.57 Å². The van der Waals surface area contributed by atoms with Crippen LogP contribution in [0.3, 0.4) is 0 Å². The van der Waals surface area contributed by atoms with E-state index in [9.17, 15) is 0 Å².